The number of piperidine rings is 1. The highest BCUT2D eigenvalue weighted by molar-refractivity contribution is 5.87. The van der Waals surface area contributed by atoms with Crippen LogP contribution in [-0.4, -0.2) is 48.0 Å². The highest BCUT2D eigenvalue weighted by Gasteiger charge is 2.16. The number of carbonyl (C=O) groups is 2. The molecule has 0 radical (unpaired) electrons. The SMILES string of the molecule is CCOC(=O)c1coc(NCCC(=O)N2CCCCC2)n1. The van der Waals surface area contributed by atoms with Crippen LogP contribution in [0, 0.1) is 0 Å². The molecule has 1 saturated heterocycles. The number of likely N-dealkylation sites (tertiary alicyclic amines) is 1. The van der Waals surface area contributed by atoms with Crippen LogP contribution in [0.5, 0.6) is 0 Å². The van der Waals surface area contributed by atoms with Crippen LogP contribution in [0.25, 0.3) is 0 Å². The molecular formula is C14H21N3O4. The van der Waals surface area contributed by atoms with Crippen molar-refractivity contribution < 1.29 is 18.7 Å². The maximum absolute atomic E-state index is 11.9. The first-order valence-electron chi connectivity index (χ1n) is 7.35. The minimum Gasteiger partial charge on any atom is -0.461 e. The van der Waals surface area contributed by atoms with Gasteiger partial charge in [0.15, 0.2) is 5.69 Å². The molecule has 1 aromatic heterocycles. The molecule has 7 heteroatoms. The Hall–Kier alpha value is -2.05. The maximum atomic E-state index is 11.9. The number of hydrogen-bond acceptors (Lipinski definition) is 6. The van der Waals surface area contributed by atoms with Crippen molar-refractivity contribution in [1.82, 2.24) is 9.88 Å². The Bertz CT molecular complexity index is 480. The summed E-state index contributed by atoms with van der Waals surface area (Å²) in [7, 11) is 0. The second-order valence-corrected chi connectivity index (χ2v) is 4.88. The largest absolute Gasteiger partial charge is 0.461 e. The zero-order chi connectivity index (χ0) is 15.1. The molecule has 7 nitrogen and oxygen atoms in total. The van der Waals surface area contributed by atoms with Crippen LogP contribution >= 0.6 is 0 Å². The third-order valence-electron chi connectivity index (χ3n) is 3.31. The zero-order valence-electron chi connectivity index (χ0n) is 12.3. The lowest BCUT2D eigenvalue weighted by Gasteiger charge is -2.26. The summed E-state index contributed by atoms with van der Waals surface area (Å²) in [6, 6.07) is 0.226. The van der Waals surface area contributed by atoms with Crippen LogP contribution < -0.4 is 5.32 Å². The summed E-state index contributed by atoms with van der Waals surface area (Å²) in [4.78, 5) is 29.2. The Morgan fingerprint density at radius 2 is 2.14 bits per heavy atom. The van der Waals surface area contributed by atoms with E-state index in [-0.39, 0.29) is 17.6 Å². The molecular weight excluding hydrogens is 274 g/mol. The average molecular weight is 295 g/mol. The van der Waals surface area contributed by atoms with Gasteiger partial charge < -0.3 is 19.4 Å². The molecule has 0 aliphatic carbocycles. The predicted molar refractivity (Wildman–Crippen MR) is 76.0 cm³/mol. The molecule has 116 valence electrons. The molecule has 21 heavy (non-hydrogen) atoms. The van der Waals surface area contributed by atoms with E-state index in [0.717, 1.165) is 25.9 Å². The highest BCUT2D eigenvalue weighted by Crippen LogP contribution is 2.11. The molecule has 1 amide bonds. The van der Waals surface area contributed by atoms with Crippen LogP contribution in [0.15, 0.2) is 10.7 Å². The number of esters is 1. The number of oxazole rings is 1. The molecule has 1 N–H and O–H groups in total. The van der Waals surface area contributed by atoms with E-state index in [1.165, 1.54) is 12.7 Å². The smallest absolute Gasteiger partial charge is 0.360 e. The van der Waals surface area contributed by atoms with Gasteiger partial charge in [-0.1, -0.05) is 0 Å². The van der Waals surface area contributed by atoms with E-state index in [9.17, 15) is 9.59 Å². The molecule has 1 fully saturated rings. The fraction of sp³-hybridized carbons (Fsp3) is 0.643. The molecule has 1 aromatic rings. The molecule has 0 saturated carbocycles. The minimum absolute atomic E-state index is 0.127. The zero-order valence-corrected chi connectivity index (χ0v) is 12.3. The number of carbonyl (C=O) groups excluding carboxylic acids is 2. The van der Waals surface area contributed by atoms with Crippen molar-refractivity contribution in [3.05, 3.63) is 12.0 Å². The molecule has 1 aliphatic rings. The number of rotatable bonds is 6. The maximum Gasteiger partial charge on any atom is 0.360 e. The van der Waals surface area contributed by atoms with Crippen molar-refractivity contribution in [1.29, 1.82) is 0 Å². The topological polar surface area (TPSA) is 84.7 Å². The number of amides is 1. The molecule has 0 aromatic carbocycles. The first-order chi connectivity index (χ1) is 10.2. The van der Waals surface area contributed by atoms with E-state index in [2.05, 4.69) is 10.3 Å². The summed E-state index contributed by atoms with van der Waals surface area (Å²) in [6.07, 6.45) is 5.00. The summed E-state index contributed by atoms with van der Waals surface area (Å²) in [5.41, 5.74) is 0.127. The first-order valence-corrected chi connectivity index (χ1v) is 7.35. The molecule has 0 atom stereocenters. The minimum atomic E-state index is -0.515. The Labute approximate surface area is 123 Å². The number of nitrogens with zero attached hydrogens (tertiary/aromatic N) is 2. The fourth-order valence-corrected chi connectivity index (χ4v) is 2.23. The van der Waals surface area contributed by atoms with Crippen LogP contribution in [0.3, 0.4) is 0 Å². The van der Waals surface area contributed by atoms with Crippen molar-refractivity contribution in [2.45, 2.75) is 32.6 Å². The van der Waals surface area contributed by atoms with E-state index in [4.69, 9.17) is 9.15 Å². The summed E-state index contributed by atoms with van der Waals surface area (Å²) in [5.74, 6) is -0.377. The van der Waals surface area contributed by atoms with Crippen LogP contribution in [0.4, 0.5) is 6.01 Å². The lowest BCUT2D eigenvalue weighted by molar-refractivity contribution is -0.131. The Morgan fingerprint density at radius 3 is 2.86 bits per heavy atom. The van der Waals surface area contributed by atoms with Gasteiger partial charge in [-0.05, 0) is 26.2 Å². The van der Waals surface area contributed by atoms with Gasteiger partial charge in [-0.2, -0.15) is 4.98 Å². The van der Waals surface area contributed by atoms with Crippen molar-refractivity contribution in [3.63, 3.8) is 0 Å². The monoisotopic (exact) mass is 295 g/mol. The van der Waals surface area contributed by atoms with Gasteiger partial charge in [0.25, 0.3) is 6.01 Å². The average Bonchev–Trinajstić information content (AvgIpc) is 2.97. The Balaban J connectivity index is 1.73. The van der Waals surface area contributed by atoms with Gasteiger partial charge in [-0.3, -0.25) is 4.79 Å². The number of hydrogen-bond donors (Lipinski definition) is 1. The van der Waals surface area contributed by atoms with Crippen LogP contribution in [-0.2, 0) is 9.53 Å². The lowest BCUT2D eigenvalue weighted by Crippen LogP contribution is -2.36. The standard InChI is InChI=1S/C14H21N3O4/c1-2-20-13(19)11-10-21-14(16-11)15-7-6-12(18)17-8-4-3-5-9-17/h10H,2-9H2,1H3,(H,15,16). The normalized spacial score (nSPS) is 14.8. The van der Waals surface area contributed by atoms with E-state index < -0.39 is 5.97 Å². The number of anilines is 1. The Morgan fingerprint density at radius 1 is 1.38 bits per heavy atom. The van der Waals surface area contributed by atoms with Gasteiger partial charge in [-0.15, -0.1) is 0 Å². The van der Waals surface area contributed by atoms with Crippen molar-refractivity contribution in [2.75, 3.05) is 31.6 Å². The van der Waals surface area contributed by atoms with Gasteiger partial charge in [-0.25, -0.2) is 4.79 Å². The predicted octanol–water partition coefficient (Wildman–Crippen LogP) is 1.67. The van der Waals surface area contributed by atoms with E-state index in [1.807, 2.05) is 4.90 Å². The third-order valence-corrected chi connectivity index (χ3v) is 3.31. The summed E-state index contributed by atoms with van der Waals surface area (Å²) in [5, 5.41) is 2.90. The quantitative estimate of drug-likeness (QED) is 0.804. The first kappa shape index (κ1) is 15.3. The highest BCUT2D eigenvalue weighted by atomic mass is 16.5. The van der Waals surface area contributed by atoms with E-state index >= 15 is 0 Å². The molecule has 0 unspecified atom stereocenters. The van der Waals surface area contributed by atoms with Crippen molar-refractivity contribution in [3.8, 4) is 0 Å². The number of nitrogens with one attached hydrogen (secondary N) is 1. The van der Waals surface area contributed by atoms with E-state index in [1.54, 1.807) is 6.92 Å². The Kier molecular flexibility index (Phi) is 5.59. The van der Waals surface area contributed by atoms with Gasteiger partial charge in [0, 0.05) is 26.1 Å². The summed E-state index contributed by atoms with van der Waals surface area (Å²) < 4.78 is 9.92. The second-order valence-electron chi connectivity index (χ2n) is 4.88. The van der Waals surface area contributed by atoms with Gasteiger partial charge in [0.1, 0.15) is 6.26 Å². The van der Waals surface area contributed by atoms with Crippen LogP contribution in [0.2, 0.25) is 0 Å². The second kappa shape index (κ2) is 7.66. The van der Waals surface area contributed by atoms with Crippen molar-refractivity contribution in [2.24, 2.45) is 0 Å². The number of aromatic nitrogens is 1. The lowest BCUT2D eigenvalue weighted by atomic mass is 10.1. The molecule has 0 bridgehead atoms. The van der Waals surface area contributed by atoms with Gasteiger partial charge in [0.2, 0.25) is 5.91 Å². The third kappa shape index (κ3) is 4.47. The molecule has 2 rings (SSSR count). The molecule has 0 spiro atoms. The summed E-state index contributed by atoms with van der Waals surface area (Å²) >= 11 is 0. The molecule has 1 aliphatic heterocycles. The van der Waals surface area contributed by atoms with E-state index in [0.29, 0.717) is 19.6 Å². The fourth-order valence-electron chi connectivity index (χ4n) is 2.23. The van der Waals surface area contributed by atoms with Gasteiger partial charge >= 0.3 is 5.97 Å². The van der Waals surface area contributed by atoms with Gasteiger partial charge in [0.05, 0.1) is 6.61 Å². The molecule has 2 heterocycles. The summed E-state index contributed by atoms with van der Waals surface area (Å²) in [6.45, 7) is 4.15. The van der Waals surface area contributed by atoms with Crippen molar-refractivity contribution >= 4 is 17.9 Å². The van der Waals surface area contributed by atoms with Crippen LogP contribution in [0.1, 0.15) is 43.1 Å². The number of ether oxygens (including phenoxy) is 1.